The molecule has 0 saturated carbocycles. The van der Waals surface area contributed by atoms with E-state index < -0.39 is 5.97 Å². The maximum Gasteiger partial charge on any atom is 0.335 e. The predicted octanol–water partition coefficient (Wildman–Crippen LogP) is 3.00. The molecule has 0 atom stereocenters. The molecule has 0 spiro atoms. The third kappa shape index (κ3) is 4.14. The molecule has 0 bridgehead atoms. The second-order valence-electron chi connectivity index (χ2n) is 6.03. The van der Waals surface area contributed by atoms with Crippen LogP contribution in [0.15, 0.2) is 18.2 Å². The lowest BCUT2D eigenvalue weighted by molar-refractivity contribution is 0.0696. The fourth-order valence-corrected chi connectivity index (χ4v) is 2.72. The van der Waals surface area contributed by atoms with Crippen molar-refractivity contribution in [2.45, 2.75) is 33.1 Å². The fourth-order valence-electron chi connectivity index (χ4n) is 2.72. The number of nitrogens with zero attached hydrogens (tertiary/aromatic N) is 1. The van der Waals surface area contributed by atoms with E-state index in [1.165, 1.54) is 18.9 Å². The van der Waals surface area contributed by atoms with Crippen LogP contribution in [-0.4, -0.2) is 41.4 Å². The number of carboxylic acid groups (broad SMARTS) is 1. The second kappa shape index (κ2) is 6.85. The Morgan fingerprint density at radius 3 is 2.57 bits per heavy atom. The lowest BCUT2D eigenvalue weighted by Gasteiger charge is -2.29. The monoisotopic (exact) mass is 289 g/mol. The van der Waals surface area contributed by atoms with Crippen LogP contribution in [0.5, 0.6) is 0 Å². The molecule has 1 saturated heterocycles. The minimum absolute atomic E-state index is 0.0242. The molecule has 1 heterocycles. The highest BCUT2D eigenvalue weighted by Crippen LogP contribution is 2.17. The Hall–Kier alpha value is -1.68. The summed E-state index contributed by atoms with van der Waals surface area (Å²) in [5.41, 5.74) is 1.40. The number of carbonyl (C=O) groups excluding carboxylic acids is 1. The number of carbonyl (C=O) groups is 2. The Balaban J connectivity index is 1.94. The number of rotatable bonds is 5. The third-order valence-electron chi connectivity index (χ3n) is 4.32. The lowest BCUT2D eigenvalue weighted by atomic mass is 9.98. The molecule has 1 aliphatic heterocycles. The second-order valence-corrected chi connectivity index (χ2v) is 6.03. The van der Waals surface area contributed by atoms with E-state index in [0.29, 0.717) is 17.5 Å². The van der Waals surface area contributed by atoms with Gasteiger partial charge in [0.25, 0.3) is 0 Å². The highest BCUT2D eigenvalue weighted by atomic mass is 16.4. The van der Waals surface area contributed by atoms with E-state index in [4.69, 9.17) is 5.11 Å². The molecule has 1 aromatic rings. The van der Waals surface area contributed by atoms with E-state index in [9.17, 15) is 9.59 Å². The summed E-state index contributed by atoms with van der Waals surface area (Å²) in [5.74, 6) is -0.171. The number of piperidine rings is 1. The maximum absolute atomic E-state index is 12.2. The van der Waals surface area contributed by atoms with Gasteiger partial charge in [0.15, 0.2) is 5.78 Å². The number of benzene rings is 1. The van der Waals surface area contributed by atoms with Crippen molar-refractivity contribution in [3.05, 3.63) is 34.9 Å². The van der Waals surface area contributed by atoms with Crippen molar-refractivity contribution < 1.29 is 14.7 Å². The number of aryl methyl sites for hydroxylation is 1. The van der Waals surface area contributed by atoms with E-state index in [2.05, 4.69) is 11.8 Å². The first-order valence-corrected chi connectivity index (χ1v) is 7.57. The van der Waals surface area contributed by atoms with E-state index >= 15 is 0 Å². The summed E-state index contributed by atoms with van der Waals surface area (Å²) in [6.07, 6.45) is 2.85. The zero-order valence-corrected chi connectivity index (χ0v) is 12.8. The first-order chi connectivity index (χ1) is 9.97. The van der Waals surface area contributed by atoms with Crippen LogP contribution in [0.1, 0.15) is 52.5 Å². The topological polar surface area (TPSA) is 57.6 Å². The van der Waals surface area contributed by atoms with Crippen LogP contribution < -0.4 is 0 Å². The molecular weight excluding hydrogens is 266 g/mol. The van der Waals surface area contributed by atoms with Gasteiger partial charge in [0.1, 0.15) is 0 Å². The van der Waals surface area contributed by atoms with Gasteiger partial charge in [0.05, 0.1) is 5.56 Å². The van der Waals surface area contributed by atoms with E-state index in [-0.39, 0.29) is 11.3 Å². The number of ketones is 1. The minimum Gasteiger partial charge on any atom is -0.478 e. The van der Waals surface area contributed by atoms with Gasteiger partial charge in [-0.2, -0.15) is 0 Å². The molecule has 21 heavy (non-hydrogen) atoms. The van der Waals surface area contributed by atoms with Gasteiger partial charge in [-0.1, -0.05) is 19.1 Å². The fraction of sp³-hybridized carbons (Fsp3) is 0.529. The molecule has 0 unspecified atom stereocenters. The van der Waals surface area contributed by atoms with Gasteiger partial charge in [0, 0.05) is 18.5 Å². The largest absolute Gasteiger partial charge is 0.478 e. The highest BCUT2D eigenvalue weighted by molar-refractivity contribution is 5.99. The van der Waals surface area contributed by atoms with Gasteiger partial charge >= 0.3 is 5.97 Å². The molecule has 4 heteroatoms. The summed E-state index contributed by atoms with van der Waals surface area (Å²) in [6, 6.07) is 4.93. The Bertz CT molecular complexity index is 531. The summed E-state index contributed by atoms with van der Waals surface area (Å²) >= 11 is 0. The van der Waals surface area contributed by atoms with E-state index in [1.807, 2.05) is 0 Å². The van der Waals surface area contributed by atoms with Gasteiger partial charge in [-0.25, -0.2) is 4.79 Å². The molecular formula is C17H23NO3. The zero-order valence-electron chi connectivity index (χ0n) is 12.8. The van der Waals surface area contributed by atoms with Crippen LogP contribution in [0.25, 0.3) is 0 Å². The molecule has 4 nitrogen and oxygen atoms in total. The molecule has 0 radical (unpaired) electrons. The molecule has 1 fully saturated rings. The molecule has 1 N–H and O–H groups in total. The normalized spacial score (nSPS) is 16.9. The average molecular weight is 289 g/mol. The quantitative estimate of drug-likeness (QED) is 0.847. The number of carboxylic acids is 1. The van der Waals surface area contributed by atoms with Gasteiger partial charge in [-0.05, 0) is 50.4 Å². The first-order valence-electron chi connectivity index (χ1n) is 7.57. The number of likely N-dealkylation sites (tertiary alicyclic amines) is 1. The molecule has 0 amide bonds. The molecule has 2 rings (SSSR count). The van der Waals surface area contributed by atoms with Gasteiger partial charge in [-0.3, -0.25) is 4.79 Å². The van der Waals surface area contributed by atoms with Crippen molar-refractivity contribution >= 4 is 11.8 Å². The summed E-state index contributed by atoms with van der Waals surface area (Å²) in [5, 5.41) is 9.11. The molecule has 1 aliphatic rings. The van der Waals surface area contributed by atoms with Crippen molar-refractivity contribution in [1.29, 1.82) is 0 Å². The zero-order chi connectivity index (χ0) is 15.4. The molecule has 114 valence electrons. The number of hydrogen-bond donors (Lipinski definition) is 1. The molecule has 0 aliphatic carbocycles. The van der Waals surface area contributed by atoms with E-state index in [0.717, 1.165) is 25.6 Å². The Labute approximate surface area is 125 Å². The van der Waals surface area contributed by atoms with Crippen molar-refractivity contribution in [3.63, 3.8) is 0 Å². The molecule has 0 aromatic heterocycles. The number of hydrogen-bond acceptors (Lipinski definition) is 3. The van der Waals surface area contributed by atoms with Crippen LogP contribution in [0.4, 0.5) is 0 Å². The summed E-state index contributed by atoms with van der Waals surface area (Å²) in [6.45, 7) is 6.89. The van der Waals surface area contributed by atoms with Crippen LogP contribution >= 0.6 is 0 Å². The number of aromatic carboxylic acids is 1. The van der Waals surface area contributed by atoms with Crippen molar-refractivity contribution in [2.75, 3.05) is 19.6 Å². The minimum atomic E-state index is -0.979. The first kappa shape index (κ1) is 15.7. The van der Waals surface area contributed by atoms with Crippen LogP contribution in [-0.2, 0) is 0 Å². The predicted molar refractivity (Wildman–Crippen MR) is 81.9 cm³/mol. The van der Waals surface area contributed by atoms with Gasteiger partial charge in [0.2, 0.25) is 0 Å². The summed E-state index contributed by atoms with van der Waals surface area (Å²) in [4.78, 5) is 25.7. The third-order valence-corrected chi connectivity index (χ3v) is 4.32. The molecule has 1 aromatic carbocycles. The van der Waals surface area contributed by atoms with Gasteiger partial charge in [-0.15, -0.1) is 0 Å². The Morgan fingerprint density at radius 2 is 1.95 bits per heavy atom. The lowest BCUT2D eigenvalue weighted by Crippen LogP contribution is -2.34. The van der Waals surface area contributed by atoms with E-state index in [1.54, 1.807) is 19.1 Å². The highest BCUT2D eigenvalue weighted by Gasteiger charge is 2.17. The van der Waals surface area contributed by atoms with Crippen LogP contribution in [0.2, 0.25) is 0 Å². The SMILES string of the molecule is Cc1ccc(C(=O)CCN2CCC(C)CC2)cc1C(=O)O. The van der Waals surface area contributed by atoms with Crippen molar-refractivity contribution in [2.24, 2.45) is 5.92 Å². The summed E-state index contributed by atoms with van der Waals surface area (Å²) in [7, 11) is 0. The number of Topliss-reactive ketones (excluding diaryl/α,β-unsaturated/α-hetero) is 1. The Morgan fingerprint density at radius 1 is 1.29 bits per heavy atom. The average Bonchev–Trinajstić information content (AvgIpc) is 2.46. The van der Waals surface area contributed by atoms with Gasteiger partial charge < -0.3 is 10.0 Å². The van der Waals surface area contributed by atoms with Crippen LogP contribution in [0, 0.1) is 12.8 Å². The standard InChI is InChI=1S/C17H23NO3/c1-12-5-8-18(9-6-12)10-7-16(19)14-4-3-13(2)15(11-14)17(20)21/h3-4,11-12H,5-10H2,1-2H3,(H,20,21). The summed E-state index contributed by atoms with van der Waals surface area (Å²) < 4.78 is 0. The Kier molecular flexibility index (Phi) is 5.12. The maximum atomic E-state index is 12.2. The van der Waals surface area contributed by atoms with Crippen LogP contribution in [0.3, 0.4) is 0 Å². The smallest absolute Gasteiger partial charge is 0.335 e. The van der Waals surface area contributed by atoms with Crippen molar-refractivity contribution in [3.8, 4) is 0 Å². The van der Waals surface area contributed by atoms with Crippen molar-refractivity contribution in [1.82, 2.24) is 4.90 Å².